The van der Waals surface area contributed by atoms with Crippen molar-refractivity contribution in [1.29, 1.82) is 0 Å². The zero-order valence-electron chi connectivity index (χ0n) is 14.8. The molecule has 0 spiro atoms. The molecule has 130 valence electrons. The second-order valence-corrected chi connectivity index (χ2v) is 7.19. The van der Waals surface area contributed by atoms with Crippen molar-refractivity contribution in [2.45, 2.75) is 39.8 Å². The molecule has 0 aliphatic carbocycles. The number of nitrogens with zero attached hydrogens (tertiary/aromatic N) is 4. The number of aliphatic imine (C=N–C) groups is 1. The maximum absolute atomic E-state index is 4.62. The summed E-state index contributed by atoms with van der Waals surface area (Å²) >= 11 is 1.84. The van der Waals surface area contributed by atoms with E-state index in [2.05, 4.69) is 58.4 Å². The minimum Gasteiger partial charge on any atom is -0.354 e. The van der Waals surface area contributed by atoms with Gasteiger partial charge in [-0.05, 0) is 32.9 Å². The number of aromatic nitrogens is 3. The molecule has 2 N–H and O–H groups in total. The minimum absolute atomic E-state index is 0.278. The first-order valence-corrected chi connectivity index (χ1v) is 8.87. The molecule has 0 aromatic carbocycles. The molecule has 0 fully saturated rings. The SMILES string of the molecule is C=CCNC(=NCc1nnc(C)n1C)NC(C)Cc1ccc(C)s1. The first-order valence-electron chi connectivity index (χ1n) is 8.05. The van der Waals surface area contributed by atoms with Gasteiger partial charge in [-0.15, -0.1) is 28.1 Å². The van der Waals surface area contributed by atoms with Crippen molar-refractivity contribution < 1.29 is 0 Å². The monoisotopic (exact) mass is 346 g/mol. The molecule has 2 aromatic rings. The molecule has 24 heavy (non-hydrogen) atoms. The average Bonchev–Trinajstić information content (AvgIpc) is 3.09. The summed E-state index contributed by atoms with van der Waals surface area (Å²) in [7, 11) is 1.95. The van der Waals surface area contributed by atoms with Gasteiger partial charge in [0, 0.05) is 35.8 Å². The van der Waals surface area contributed by atoms with Crippen LogP contribution in [0.4, 0.5) is 0 Å². The molecular weight excluding hydrogens is 320 g/mol. The number of thiophene rings is 1. The summed E-state index contributed by atoms with van der Waals surface area (Å²) in [6, 6.07) is 4.63. The summed E-state index contributed by atoms with van der Waals surface area (Å²) in [5, 5.41) is 14.9. The van der Waals surface area contributed by atoms with Crippen LogP contribution in [-0.2, 0) is 20.0 Å². The van der Waals surface area contributed by atoms with E-state index in [1.807, 2.05) is 36.0 Å². The van der Waals surface area contributed by atoms with Crippen LogP contribution in [0.15, 0.2) is 29.8 Å². The van der Waals surface area contributed by atoms with Gasteiger partial charge in [0.1, 0.15) is 12.4 Å². The third kappa shape index (κ3) is 5.19. The average molecular weight is 347 g/mol. The number of rotatable bonds is 7. The Morgan fingerprint density at radius 3 is 2.79 bits per heavy atom. The molecule has 0 radical (unpaired) electrons. The van der Waals surface area contributed by atoms with Crippen LogP contribution >= 0.6 is 11.3 Å². The highest BCUT2D eigenvalue weighted by Gasteiger charge is 2.09. The van der Waals surface area contributed by atoms with Gasteiger partial charge in [-0.3, -0.25) is 0 Å². The lowest BCUT2D eigenvalue weighted by molar-refractivity contribution is 0.645. The summed E-state index contributed by atoms with van der Waals surface area (Å²) in [4.78, 5) is 7.33. The lowest BCUT2D eigenvalue weighted by Gasteiger charge is -2.17. The van der Waals surface area contributed by atoms with Crippen LogP contribution in [0.1, 0.15) is 28.3 Å². The van der Waals surface area contributed by atoms with Crippen LogP contribution in [0, 0.1) is 13.8 Å². The lowest BCUT2D eigenvalue weighted by Crippen LogP contribution is -2.43. The van der Waals surface area contributed by atoms with Gasteiger partial charge in [-0.2, -0.15) is 0 Å². The van der Waals surface area contributed by atoms with Crippen molar-refractivity contribution in [2.24, 2.45) is 12.0 Å². The van der Waals surface area contributed by atoms with Gasteiger partial charge in [-0.1, -0.05) is 6.08 Å². The lowest BCUT2D eigenvalue weighted by atomic mass is 10.2. The van der Waals surface area contributed by atoms with Crippen molar-refractivity contribution in [3.05, 3.63) is 46.2 Å². The fraction of sp³-hybridized carbons (Fsp3) is 0.471. The normalized spacial score (nSPS) is 12.9. The third-order valence-electron chi connectivity index (χ3n) is 3.66. The van der Waals surface area contributed by atoms with Gasteiger partial charge >= 0.3 is 0 Å². The number of aryl methyl sites for hydroxylation is 2. The Bertz CT molecular complexity index is 700. The number of hydrogen-bond donors (Lipinski definition) is 2. The van der Waals surface area contributed by atoms with Crippen LogP contribution in [0.3, 0.4) is 0 Å². The zero-order valence-corrected chi connectivity index (χ0v) is 15.7. The first-order chi connectivity index (χ1) is 11.5. The fourth-order valence-electron chi connectivity index (χ4n) is 2.24. The topological polar surface area (TPSA) is 67.1 Å². The van der Waals surface area contributed by atoms with E-state index in [4.69, 9.17) is 0 Å². The summed E-state index contributed by atoms with van der Waals surface area (Å²) in [6.07, 6.45) is 2.79. The first kappa shape index (κ1) is 18.2. The van der Waals surface area contributed by atoms with Crippen molar-refractivity contribution in [2.75, 3.05) is 6.54 Å². The van der Waals surface area contributed by atoms with Gasteiger partial charge in [-0.25, -0.2) is 4.99 Å². The molecule has 2 aromatic heterocycles. The van der Waals surface area contributed by atoms with Gasteiger partial charge in [0.15, 0.2) is 11.8 Å². The molecule has 2 heterocycles. The number of nitrogens with one attached hydrogen (secondary N) is 2. The molecule has 2 rings (SSSR count). The van der Waals surface area contributed by atoms with Crippen molar-refractivity contribution in [3.63, 3.8) is 0 Å². The van der Waals surface area contributed by atoms with Gasteiger partial charge < -0.3 is 15.2 Å². The highest BCUT2D eigenvalue weighted by Crippen LogP contribution is 2.16. The maximum Gasteiger partial charge on any atom is 0.192 e. The van der Waals surface area contributed by atoms with E-state index in [9.17, 15) is 0 Å². The third-order valence-corrected chi connectivity index (χ3v) is 4.68. The van der Waals surface area contributed by atoms with Crippen LogP contribution in [-0.4, -0.2) is 33.3 Å². The highest BCUT2D eigenvalue weighted by molar-refractivity contribution is 7.11. The van der Waals surface area contributed by atoms with E-state index in [1.165, 1.54) is 9.75 Å². The smallest absolute Gasteiger partial charge is 0.192 e. The van der Waals surface area contributed by atoms with Crippen LogP contribution in [0.5, 0.6) is 0 Å². The van der Waals surface area contributed by atoms with Crippen LogP contribution in [0.25, 0.3) is 0 Å². The van der Waals surface area contributed by atoms with E-state index < -0.39 is 0 Å². The van der Waals surface area contributed by atoms with E-state index in [-0.39, 0.29) is 6.04 Å². The molecule has 1 atom stereocenters. The summed E-state index contributed by atoms with van der Waals surface area (Å²) < 4.78 is 1.95. The van der Waals surface area contributed by atoms with Crippen molar-refractivity contribution >= 4 is 17.3 Å². The second-order valence-electron chi connectivity index (χ2n) is 5.82. The summed E-state index contributed by atoms with van der Waals surface area (Å²) in [5.41, 5.74) is 0. The minimum atomic E-state index is 0.278. The molecule has 0 amide bonds. The van der Waals surface area contributed by atoms with E-state index in [0.29, 0.717) is 13.1 Å². The predicted octanol–water partition coefficient (Wildman–Crippen LogP) is 2.35. The summed E-state index contributed by atoms with van der Waals surface area (Å²) in [5.74, 6) is 2.49. The molecule has 6 nitrogen and oxygen atoms in total. The largest absolute Gasteiger partial charge is 0.354 e. The molecule has 7 heteroatoms. The van der Waals surface area contributed by atoms with Gasteiger partial charge in [0.05, 0.1) is 0 Å². The van der Waals surface area contributed by atoms with Crippen LogP contribution < -0.4 is 10.6 Å². The number of hydrogen-bond acceptors (Lipinski definition) is 4. The van der Waals surface area contributed by atoms with Gasteiger partial charge in [0.2, 0.25) is 0 Å². The van der Waals surface area contributed by atoms with E-state index >= 15 is 0 Å². The second kappa shape index (κ2) is 8.63. The van der Waals surface area contributed by atoms with Crippen molar-refractivity contribution in [3.8, 4) is 0 Å². The van der Waals surface area contributed by atoms with Crippen molar-refractivity contribution in [1.82, 2.24) is 25.4 Å². The van der Waals surface area contributed by atoms with Crippen LogP contribution in [0.2, 0.25) is 0 Å². The molecule has 1 unspecified atom stereocenters. The Morgan fingerprint density at radius 1 is 1.42 bits per heavy atom. The molecule has 0 aliphatic rings. The molecular formula is C17H26N6S. The number of guanidine groups is 1. The van der Waals surface area contributed by atoms with E-state index in [0.717, 1.165) is 24.0 Å². The molecule has 0 saturated carbocycles. The molecule has 0 saturated heterocycles. The highest BCUT2D eigenvalue weighted by atomic mass is 32.1. The zero-order chi connectivity index (χ0) is 17.5. The van der Waals surface area contributed by atoms with Gasteiger partial charge in [0.25, 0.3) is 0 Å². The molecule has 0 bridgehead atoms. The predicted molar refractivity (Wildman–Crippen MR) is 100 cm³/mol. The Labute approximate surface area is 147 Å². The Morgan fingerprint density at radius 2 is 2.21 bits per heavy atom. The Balaban J connectivity index is 1.99. The Kier molecular flexibility index (Phi) is 6.54. The molecule has 0 aliphatic heterocycles. The van der Waals surface area contributed by atoms with E-state index in [1.54, 1.807) is 0 Å². The Hall–Kier alpha value is -2.15. The summed E-state index contributed by atoms with van der Waals surface area (Å²) in [6.45, 7) is 11.1. The quantitative estimate of drug-likeness (QED) is 0.459. The standard InChI is InChI=1S/C17H26N6S/c1-6-9-18-17(19-11-16-22-21-14(4)23(16)5)20-12(2)10-15-8-7-13(3)24-15/h6-8,12H,1,9-11H2,2-5H3,(H2,18,19,20). The maximum atomic E-state index is 4.62. The fourth-order valence-corrected chi connectivity index (χ4v) is 3.26.